The highest BCUT2D eigenvalue weighted by Gasteiger charge is 2.05. The van der Waals surface area contributed by atoms with Crippen molar-refractivity contribution < 1.29 is 0 Å². The summed E-state index contributed by atoms with van der Waals surface area (Å²) in [6, 6.07) is 2.28. The third-order valence-electron chi connectivity index (χ3n) is 2.84. The smallest absolute Gasteiger partial charge is 0.152 e. The van der Waals surface area contributed by atoms with Gasteiger partial charge < -0.3 is 11.1 Å². The van der Waals surface area contributed by atoms with Crippen LogP contribution in [0, 0.1) is 6.92 Å². The molecule has 92 valence electrons. The van der Waals surface area contributed by atoms with E-state index in [1.54, 1.807) is 6.20 Å². The molecule has 0 spiro atoms. The molecule has 0 aliphatic rings. The van der Waals surface area contributed by atoms with Gasteiger partial charge in [0.15, 0.2) is 5.82 Å². The summed E-state index contributed by atoms with van der Waals surface area (Å²) in [5, 5.41) is 7.66. The van der Waals surface area contributed by atoms with E-state index in [0.717, 1.165) is 36.4 Å². The van der Waals surface area contributed by atoms with Gasteiger partial charge in [-0.15, -0.1) is 0 Å². The highest BCUT2D eigenvalue weighted by molar-refractivity contribution is 5.67. The van der Waals surface area contributed by atoms with E-state index in [-0.39, 0.29) is 6.04 Å². The number of hydrogen-bond donors (Lipinski definition) is 2. The second-order valence-electron chi connectivity index (χ2n) is 4.28. The van der Waals surface area contributed by atoms with Gasteiger partial charge in [-0.2, -0.15) is 5.10 Å². The molecular formula is C12H19N5. The number of rotatable bonds is 5. The van der Waals surface area contributed by atoms with Crippen LogP contribution >= 0.6 is 0 Å². The van der Waals surface area contributed by atoms with Crippen molar-refractivity contribution in [3.05, 3.63) is 24.2 Å². The predicted octanol–water partition coefficient (Wildman–Crippen LogP) is 1.58. The lowest BCUT2D eigenvalue weighted by atomic mass is 10.2. The zero-order chi connectivity index (χ0) is 12.3. The molecule has 1 atom stereocenters. The lowest BCUT2D eigenvalue weighted by molar-refractivity contribution is 0.613. The molecule has 2 aromatic rings. The van der Waals surface area contributed by atoms with E-state index in [2.05, 4.69) is 22.3 Å². The Kier molecular flexibility index (Phi) is 3.58. The first-order chi connectivity index (χ1) is 8.20. The van der Waals surface area contributed by atoms with Crippen molar-refractivity contribution in [2.75, 3.05) is 11.9 Å². The molecule has 17 heavy (non-hydrogen) atoms. The van der Waals surface area contributed by atoms with Gasteiger partial charge in [-0.05, 0) is 25.8 Å². The molecule has 0 aliphatic carbocycles. The molecule has 2 aromatic heterocycles. The van der Waals surface area contributed by atoms with Crippen molar-refractivity contribution in [2.24, 2.45) is 5.73 Å². The number of aryl methyl sites for hydroxylation is 1. The summed E-state index contributed by atoms with van der Waals surface area (Å²) in [6.07, 6.45) is 5.56. The number of anilines is 1. The van der Waals surface area contributed by atoms with Crippen LogP contribution in [0.25, 0.3) is 5.52 Å². The maximum atomic E-state index is 5.88. The number of nitrogens with zero attached hydrogens (tertiary/aromatic N) is 3. The van der Waals surface area contributed by atoms with Gasteiger partial charge in [-0.3, -0.25) is 0 Å². The van der Waals surface area contributed by atoms with E-state index in [9.17, 15) is 0 Å². The first kappa shape index (κ1) is 11.9. The van der Waals surface area contributed by atoms with E-state index in [4.69, 9.17) is 5.73 Å². The Morgan fingerprint density at radius 1 is 1.53 bits per heavy atom. The minimum atomic E-state index is 0.258. The topological polar surface area (TPSA) is 68.2 Å². The Balaban J connectivity index is 2.08. The van der Waals surface area contributed by atoms with Gasteiger partial charge in [0, 0.05) is 25.0 Å². The monoisotopic (exact) mass is 233 g/mol. The number of nitrogens with two attached hydrogens (primary N) is 1. The molecule has 0 aromatic carbocycles. The molecule has 0 aliphatic heterocycles. The number of hydrogen-bond acceptors (Lipinski definition) is 4. The second-order valence-corrected chi connectivity index (χ2v) is 4.28. The number of aromatic nitrogens is 3. The van der Waals surface area contributed by atoms with E-state index in [1.807, 2.05) is 23.7 Å². The third kappa shape index (κ3) is 2.74. The summed E-state index contributed by atoms with van der Waals surface area (Å²) >= 11 is 0. The van der Waals surface area contributed by atoms with Crippen molar-refractivity contribution in [2.45, 2.75) is 32.7 Å². The zero-order valence-electron chi connectivity index (χ0n) is 10.3. The van der Waals surface area contributed by atoms with Crippen LogP contribution < -0.4 is 11.1 Å². The number of fused-ring (bicyclic) bond motifs is 1. The molecule has 2 heterocycles. The molecule has 5 heteroatoms. The lowest BCUT2D eigenvalue weighted by Crippen LogP contribution is -2.22. The van der Waals surface area contributed by atoms with Crippen LogP contribution in [-0.4, -0.2) is 27.2 Å². The molecule has 0 amide bonds. The van der Waals surface area contributed by atoms with Crippen LogP contribution in [0.1, 0.15) is 25.5 Å². The van der Waals surface area contributed by atoms with Crippen LogP contribution in [0.15, 0.2) is 18.5 Å². The van der Waals surface area contributed by atoms with Crippen molar-refractivity contribution in [1.29, 1.82) is 0 Å². The first-order valence-electron chi connectivity index (χ1n) is 6.01. The van der Waals surface area contributed by atoms with Crippen molar-refractivity contribution in [3.8, 4) is 0 Å². The minimum Gasteiger partial charge on any atom is -0.368 e. The van der Waals surface area contributed by atoms with Crippen molar-refractivity contribution >= 4 is 11.3 Å². The summed E-state index contributed by atoms with van der Waals surface area (Å²) in [5.41, 5.74) is 7.88. The summed E-state index contributed by atoms with van der Waals surface area (Å²) in [5.74, 6) is 0.872. The fourth-order valence-electron chi connectivity index (χ4n) is 1.76. The van der Waals surface area contributed by atoms with Crippen LogP contribution in [0.3, 0.4) is 0 Å². The molecule has 0 saturated heterocycles. The Hall–Kier alpha value is -1.62. The third-order valence-corrected chi connectivity index (χ3v) is 2.84. The predicted molar refractivity (Wildman–Crippen MR) is 69.1 cm³/mol. The van der Waals surface area contributed by atoms with Gasteiger partial charge in [-0.1, -0.05) is 6.92 Å². The fourth-order valence-corrected chi connectivity index (χ4v) is 1.76. The lowest BCUT2D eigenvalue weighted by Gasteiger charge is -2.10. The van der Waals surface area contributed by atoms with E-state index in [1.165, 1.54) is 0 Å². The quantitative estimate of drug-likeness (QED) is 0.822. The SMILES string of the molecule is CCC(N)CCNc1nccn2nc(C)cc12. The van der Waals surface area contributed by atoms with Crippen LogP contribution in [0.5, 0.6) is 0 Å². The Morgan fingerprint density at radius 3 is 3.12 bits per heavy atom. The van der Waals surface area contributed by atoms with E-state index >= 15 is 0 Å². The first-order valence-corrected chi connectivity index (χ1v) is 6.01. The highest BCUT2D eigenvalue weighted by Crippen LogP contribution is 2.14. The zero-order valence-corrected chi connectivity index (χ0v) is 10.3. The summed E-state index contributed by atoms with van der Waals surface area (Å²) < 4.78 is 1.84. The van der Waals surface area contributed by atoms with E-state index in [0.29, 0.717) is 0 Å². The van der Waals surface area contributed by atoms with Gasteiger partial charge in [0.25, 0.3) is 0 Å². The van der Waals surface area contributed by atoms with Crippen LogP contribution in [0.2, 0.25) is 0 Å². The van der Waals surface area contributed by atoms with Gasteiger partial charge in [0.05, 0.1) is 5.69 Å². The molecule has 0 saturated carbocycles. The molecule has 1 unspecified atom stereocenters. The maximum absolute atomic E-state index is 5.88. The van der Waals surface area contributed by atoms with Gasteiger partial charge >= 0.3 is 0 Å². The van der Waals surface area contributed by atoms with Crippen LogP contribution in [0.4, 0.5) is 5.82 Å². The average Bonchev–Trinajstić information content (AvgIpc) is 2.70. The fraction of sp³-hybridized carbons (Fsp3) is 0.500. The Bertz CT molecular complexity index is 491. The van der Waals surface area contributed by atoms with Gasteiger partial charge in [0.2, 0.25) is 0 Å². The molecular weight excluding hydrogens is 214 g/mol. The average molecular weight is 233 g/mol. The summed E-state index contributed by atoms with van der Waals surface area (Å²) in [4.78, 5) is 4.33. The van der Waals surface area contributed by atoms with E-state index < -0.39 is 0 Å². The number of nitrogens with one attached hydrogen (secondary N) is 1. The highest BCUT2D eigenvalue weighted by atomic mass is 15.2. The van der Waals surface area contributed by atoms with Crippen molar-refractivity contribution in [1.82, 2.24) is 14.6 Å². The van der Waals surface area contributed by atoms with Crippen LogP contribution in [-0.2, 0) is 0 Å². The molecule has 0 radical (unpaired) electrons. The molecule has 3 N–H and O–H groups in total. The summed E-state index contributed by atoms with van der Waals surface area (Å²) in [7, 11) is 0. The largest absolute Gasteiger partial charge is 0.368 e. The standard InChI is InChI=1S/C12H19N5/c1-3-10(13)4-5-14-12-11-8-9(2)16-17(11)7-6-15-12/h6-8,10H,3-5,13H2,1-2H3,(H,14,15). The molecule has 2 rings (SSSR count). The Labute approximate surface area is 101 Å². The van der Waals surface area contributed by atoms with Gasteiger partial charge in [-0.25, -0.2) is 9.50 Å². The minimum absolute atomic E-state index is 0.258. The maximum Gasteiger partial charge on any atom is 0.152 e. The molecule has 0 bridgehead atoms. The van der Waals surface area contributed by atoms with Gasteiger partial charge in [0.1, 0.15) is 5.52 Å². The normalized spacial score (nSPS) is 12.9. The van der Waals surface area contributed by atoms with Crippen molar-refractivity contribution in [3.63, 3.8) is 0 Å². The second kappa shape index (κ2) is 5.14. The molecule has 0 fully saturated rings. The molecule has 5 nitrogen and oxygen atoms in total. The Morgan fingerprint density at radius 2 is 2.35 bits per heavy atom. The summed E-state index contributed by atoms with van der Waals surface area (Å²) in [6.45, 7) is 4.92.